The molecule has 3 fully saturated rings. The molecular formula is C21H29NO. The molecule has 2 nitrogen and oxygen atoms in total. The number of fused-ring (bicyclic) bond motifs is 1. The van der Waals surface area contributed by atoms with Crippen LogP contribution in [-0.2, 0) is 11.8 Å². The van der Waals surface area contributed by atoms with Gasteiger partial charge in [0.05, 0.1) is 5.60 Å². The first-order valence-electron chi connectivity index (χ1n) is 9.69. The van der Waals surface area contributed by atoms with E-state index in [1.165, 1.54) is 61.9 Å². The SMILES string of the molecule is Cc1ccc2c(c1)[C@@]13CCCC[C@@]1(O)[C@@H](C2)N(CC1CC1)CC3. The monoisotopic (exact) mass is 311 g/mol. The fourth-order valence-corrected chi connectivity index (χ4v) is 6.07. The number of hydrogen-bond acceptors (Lipinski definition) is 2. The van der Waals surface area contributed by atoms with Gasteiger partial charge in [-0.15, -0.1) is 0 Å². The van der Waals surface area contributed by atoms with E-state index < -0.39 is 5.60 Å². The lowest BCUT2D eigenvalue weighted by atomic mass is 9.49. The minimum absolute atomic E-state index is 0.0373. The van der Waals surface area contributed by atoms with Crippen LogP contribution in [0.1, 0.15) is 61.6 Å². The topological polar surface area (TPSA) is 23.5 Å². The average molecular weight is 311 g/mol. The smallest absolute Gasteiger partial charge is 0.0901 e. The van der Waals surface area contributed by atoms with Gasteiger partial charge in [0, 0.05) is 18.0 Å². The standard InChI is InChI=1S/C21H29NO/c1-15-4-7-17-13-19-21(23)9-3-2-8-20(21,18(17)12-15)10-11-22(19)14-16-5-6-16/h4,7,12,16,19,23H,2-3,5-6,8-11,13-14H2,1H3/t19-,20+,21-/m1/s1. The van der Waals surface area contributed by atoms with Gasteiger partial charge in [0.2, 0.25) is 0 Å². The molecule has 1 aliphatic heterocycles. The maximum atomic E-state index is 12.0. The quantitative estimate of drug-likeness (QED) is 0.902. The van der Waals surface area contributed by atoms with E-state index in [-0.39, 0.29) is 5.41 Å². The number of aliphatic hydroxyl groups is 1. The van der Waals surface area contributed by atoms with E-state index in [1.807, 2.05) is 0 Å². The first kappa shape index (κ1) is 14.5. The molecule has 4 aliphatic rings. The van der Waals surface area contributed by atoms with Crippen LogP contribution in [0.3, 0.4) is 0 Å². The Kier molecular flexibility index (Phi) is 3.04. The highest BCUT2D eigenvalue weighted by molar-refractivity contribution is 5.46. The molecule has 2 bridgehead atoms. The Labute approximate surface area is 139 Å². The van der Waals surface area contributed by atoms with Crippen molar-refractivity contribution in [2.45, 2.75) is 75.3 Å². The molecule has 5 rings (SSSR count). The van der Waals surface area contributed by atoms with Gasteiger partial charge in [-0.2, -0.15) is 0 Å². The van der Waals surface area contributed by atoms with Crippen LogP contribution in [0, 0.1) is 12.8 Å². The van der Waals surface area contributed by atoms with Crippen molar-refractivity contribution in [3.63, 3.8) is 0 Å². The zero-order chi connectivity index (χ0) is 15.7. The molecule has 1 heterocycles. The van der Waals surface area contributed by atoms with Gasteiger partial charge in [0.15, 0.2) is 0 Å². The molecule has 1 aromatic carbocycles. The molecule has 0 amide bonds. The maximum Gasteiger partial charge on any atom is 0.0901 e. The summed E-state index contributed by atoms with van der Waals surface area (Å²) in [7, 11) is 0. The fraction of sp³-hybridized carbons (Fsp3) is 0.714. The Bertz CT molecular complexity index is 637. The van der Waals surface area contributed by atoms with Gasteiger partial charge in [-0.3, -0.25) is 4.90 Å². The number of aryl methyl sites for hydroxylation is 1. The average Bonchev–Trinajstić information content (AvgIpc) is 3.34. The van der Waals surface area contributed by atoms with Crippen molar-refractivity contribution >= 4 is 0 Å². The summed E-state index contributed by atoms with van der Waals surface area (Å²) in [4.78, 5) is 2.67. The van der Waals surface area contributed by atoms with E-state index in [1.54, 1.807) is 0 Å². The molecule has 0 radical (unpaired) electrons. The lowest BCUT2D eigenvalue weighted by Crippen LogP contribution is -2.72. The second-order valence-electron chi connectivity index (χ2n) is 8.78. The summed E-state index contributed by atoms with van der Waals surface area (Å²) >= 11 is 0. The van der Waals surface area contributed by atoms with E-state index in [0.29, 0.717) is 6.04 Å². The van der Waals surface area contributed by atoms with Gasteiger partial charge in [-0.25, -0.2) is 0 Å². The molecule has 124 valence electrons. The van der Waals surface area contributed by atoms with E-state index in [0.717, 1.165) is 25.2 Å². The normalized spacial score (nSPS) is 39.7. The Morgan fingerprint density at radius 3 is 2.83 bits per heavy atom. The zero-order valence-electron chi connectivity index (χ0n) is 14.4. The Morgan fingerprint density at radius 2 is 2.00 bits per heavy atom. The number of hydrogen-bond donors (Lipinski definition) is 1. The predicted octanol–water partition coefficient (Wildman–Crippen LogP) is 3.58. The molecule has 0 unspecified atom stereocenters. The van der Waals surface area contributed by atoms with Crippen molar-refractivity contribution < 1.29 is 5.11 Å². The third-order valence-electron chi connectivity index (χ3n) is 7.44. The third kappa shape index (κ3) is 1.94. The van der Waals surface area contributed by atoms with Crippen LogP contribution >= 0.6 is 0 Å². The van der Waals surface area contributed by atoms with Crippen LogP contribution in [0.15, 0.2) is 18.2 Å². The van der Waals surface area contributed by atoms with E-state index in [4.69, 9.17) is 0 Å². The third-order valence-corrected chi connectivity index (χ3v) is 7.44. The highest BCUT2D eigenvalue weighted by Gasteiger charge is 2.63. The largest absolute Gasteiger partial charge is 0.387 e. The lowest BCUT2D eigenvalue weighted by Gasteiger charge is -2.64. The molecule has 1 N–H and O–H groups in total. The van der Waals surface area contributed by atoms with E-state index >= 15 is 0 Å². The summed E-state index contributed by atoms with van der Waals surface area (Å²) in [6.45, 7) is 4.62. The van der Waals surface area contributed by atoms with Crippen molar-refractivity contribution in [2.24, 2.45) is 5.92 Å². The molecular weight excluding hydrogens is 282 g/mol. The van der Waals surface area contributed by atoms with Crippen LogP contribution in [-0.4, -0.2) is 34.7 Å². The van der Waals surface area contributed by atoms with Crippen molar-refractivity contribution in [3.05, 3.63) is 34.9 Å². The van der Waals surface area contributed by atoms with E-state index in [2.05, 4.69) is 30.0 Å². The van der Waals surface area contributed by atoms with Gasteiger partial charge < -0.3 is 5.11 Å². The van der Waals surface area contributed by atoms with Crippen LogP contribution in [0.2, 0.25) is 0 Å². The van der Waals surface area contributed by atoms with Gasteiger partial charge in [0.1, 0.15) is 0 Å². The second-order valence-corrected chi connectivity index (χ2v) is 8.78. The number of rotatable bonds is 2. The molecule has 0 spiro atoms. The lowest BCUT2D eigenvalue weighted by molar-refractivity contribution is -0.166. The minimum Gasteiger partial charge on any atom is -0.387 e. The van der Waals surface area contributed by atoms with Crippen molar-refractivity contribution in [1.82, 2.24) is 4.90 Å². The maximum absolute atomic E-state index is 12.0. The molecule has 3 aliphatic carbocycles. The van der Waals surface area contributed by atoms with Gasteiger partial charge in [-0.05, 0) is 69.0 Å². The summed E-state index contributed by atoms with van der Waals surface area (Å²) in [5, 5.41) is 12.0. The summed E-state index contributed by atoms with van der Waals surface area (Å²) < 4.78 is 0. The number of nitrogens with zero attached hydrogens (tertiary/aromatic N) is 1. The van der Waals surface area contributed by atoms with Gasteiger partial charge >= 0.3 is 0 Å². The minimum atomic E-state index is -0.487. The first-order valence-corrected chi connectivity index (χ1v) is 9.69. The van der Waals surface area contributed by atoms with Crippen LogP contribution in [0.4, 0.5) is 0 Å². The number of piperidine rings is 1. The molecule has 1 aromatic rings. The Balaban J connectivity index is 1.64. The predicted molar refractivity (Wildman–Crippen MR) is 92.7 cm³/mol. The number of likely N-dealkylation sites (tertiary alicyclic amines) is 1. The van der Waals surface area contributed by atoms with Gasteiger partial charge in [0.25, 0.3) is 0 Å². The molecule has 1 saturated heterocycles. The summed E-state index contributed by atoms with van der Waals surface area (Å²) in [6, 6.07) is 7.38. The first-order chi connectivity index (χ1) is 11.1. The fourth-order valence-electron chi connectivity index (χ4n) is 6.07. The Hall–Kier alpha value is -0.860. The Morgan fingerprint density at radius 1 is 1.17 bits per heavy atom. The molecule has 0 aromatic heterocycles. The van der Waals surface area contributed by atoms with Crippen molar-refractivity contribution in [2.75, 3.05) is 13.1 Å². The zero-order valence-corrected chi connectivity index (χ0v) is 14.4. The highest BCUT2D eigenvalue weighted by Crippen LogP contribution is 2.58. The summed E-state index contributed by atoms with van der Waals surface area (Å²) in [6.07, 6.45) is 9.70. The number of benzene rings is 1. The van der Waals surface area contributed by atoms with Crippen molar-refractivity contribution in [1.29, 1.82) is 0 Å². The molecule has 3 atom stereocenters. The molecule has 2 saturated carbocycles. The highest BCUT2D eigenvalue weighted by atomic mass is 16.3. The van der Waals surface area contributed by atoms with E-state index in [9.17, 15) is 5.11 Å². The van der Waals surface area contributed by atoms with Crippen LogP contribution in [0.5, 0.6) is 0 Å². The van der Waals surface area contributed by atoms with Crippen molar-refractivity contribution in [3.8, 4) is 0 Å². The molecule has 23 heavy (non-hydrogen) atoms. The van der Waals surface area contributed by atoms with Crippen LogP contribution < -0.4 is 0 Å². The summed E-state index contributed by atoms with van der Waals surface area (Å²) in [5.41, 5.74) is 3.92. The summed E-state index contributed by atoms with van der Waals surface area (Å²) in [5.74, 6) is 0.911. The molecule has 2 heteroatoms. The second kappa shape index (κ2) is 4.83. The van der Waals surface area contributed by atoms with Crippen LogP contribution in [0.25, 0.3) is 0 Å². The van der Waals surface area contributed by atoms with Gasteiger partial charge in [-0.1, -0.05) is 36.6 Å².